The molecule has 3 aliphatic rings. The molecule has 2 fully saturated rings. The second-order valence-corrected chi connectivity index (χ2v) is 93.3. The van der Waals surface area contributed by atoms with Gasteiger partial charge in [0, 0.05) is 0 Å². The Morgan fingerprint density at radius 2 is 0.568 bits per heavy atom. The second-order valence-electron chi connectivity index (χ2n) is 32.6. The summed E-state index contributed by atoms with van der Waals surface area (Å²) >= 11 is -1.85. The van der Waals surface area contributed by atoms with Gasteiger partial charge in [0.05, 0.1) is 0 Å². The molecule has 0 radical (unpaired) electrons. The van der Waals surface area contributed by atoms with Crippen molar-refractivity contribution < 1.29 is 0 Å². The molecule has 1 spiro atoms. The molecule has 2 aromatic carbocycles. The van der Waals surface area contributed by atoms with Gasteiger partial charge in [-0.3, -0.25) is 0 Å². The summed E-state index contributed by atoms with van der Waals surface area (Å²) in [6.07, 6.45) is 47.2. The van der Waals surface area contributed by atoms with Crippen LogP contribution in [0.4, 0.5) is 0 Å². The Morgan fingerprint density at radius 3 is 0.821 bits per heavy atom. The van der Waals surface area contributed by atoms with Crippen LogP contribution in [0.25, 0.3) is 52.2 Å². The Balaban J connectivity index is 1.40. The number of hydrogen-bond acceptors (Lipinski definition) is 4. The van der Waals surface area contributed by atoms with Crippen LogP contribution in [0.5, 0.6) is 0 Å². The molecule has 0 aliphatic heterocycles. The van der Waals surface area contributed by atoms with Crippen LogP contribution in [-0.4, -0.2) is 73.5 Å². The van der Waals surface area contributed by atoms with Gasteiger partial charge in [-0.25, -0.2) is 0 Å². The van der Waals surface area contributed by atoms with Gasteiger partial charge in [0.15, 0.2) is 0 Å². The molecule has 0 amide bonds. The first-order chi connectivity index (χ1) is 46.3. The summed E-state index contributed by atoms with van der Waals surface area (Å²) in [5, 5.41) is 0. The van der Waals surface area contributed by atoms with Gasteiger partial charge in [0.1, 0.15) is 0 Å². The zero-order valence-electron chi connectivity index (χ0n) is 64.3. The van der Waals surface area contributed by atoms with E-state index in [1.54, 1.807) is 94.3 Å². The molecule has 0 N–H and O–H groups in total. The maximum atomic E-state index is 3.10. The fourth-order valence-corrected chi connectivity index (χ4v) is 106. The summed E-state index contributed by atoms with van der Waals surface area (Å²) < 4.78 is 33.8. The molecule has 0 atom stereocenters. The predicted octanol–water partition coefficient (Wildman–Crippen LogP) is 30.0. The van der Waals surface area contributed by atoms with Crippen molar-refractivity contribution in [3.05, 3.63) is 59.7 Å². The van der Waals surface area contributed by atoms with Gasteiger partial charge in [-0.05, 0) is 0 Å². The fourth-order valence-electron chi connectivity index (χ4n) is 21.4. The van der Waals surface area contributed by atoms with Gasteiger partial charge in [0.2, 0.25) is 0 Å². The molecule has 4 aromatic heterocycles. The summed E-state index contributed by atoms with van der Waals surface area (Å²) in [5.41, 5.74) is 14.5. The van der Waals surface area contributed by atoms with Gasteiger partial charge >= 0.3 is 627 Å². The molecule has 0 saturated heterocycles. The molecule has 9 rings (SSSR count). The average molecular weight is 1790 g/mol. The standard InChI is InChI=1S/C39H34S4.12C4H9.4Sn/c1-3-13-37-15-5-17-38(14-4-2,18-6-16-37)39(37)31-21-25(29-23-42-33-11-19-40-35(29)33)7-9-27(31)28-10-8-26(22-32(28)39)30-24-43-34-12-20-41-36(30)34;12*1-3-4-2;;;;/h7-12,21-22H,3-6,13-18H2,1-2H3;12*1,3-4H2,2H3;;;;. The molecular weight excluding hydrogens is 1650 g/mol. The first-order valence-corrected chi connectivity index (χ1v) is 75.0. The van der Waals surface area contributed by atoms with Crippen molar-refractivity contribution in [2.45, 2.75) is 374 Å². The third kappa shape index (κ3) is 16.2. The summed E-state index contributed by atoms with van der Waals surface area (Å²) in [6, 6.07) is 23.5. The van der Waals surface area contributed by atoms with Gasteiger partial charge in [0.25, 0.3) is 0 Å². The summed E-state index contributed by atoms with van der Waals surface area (Å²) in [6.45, 7) is 35.2. The Labute approximate surface area is 619 Å². The third-order valence-electron chi connectivity index (χ3n) is 26.2. The van der Waals surface area contributed by atoms with Crippen molar-refractivity contribution in [1.82, 2.24) is 0 Å². The van der Waals surface area contributed by atoms with Crippen LogP contribution in [0.1, 0.15) is 326 Å². The molecule has 8 heteroatoms. The van der Waals surface area contributed by atoms with Crippen LogP contribution in [-0.2, 0) is 5.41 Å². The van der Waals surface area contributed by atoms with E-state index >= 15 is 0 Å². The minimum atomic E-state index is -3.04. The van der Waals surface area contributed by atoms with Crippen molar-refractivity contribution in [2.24, 2.45) is 10.8 Å². The van der Waals surface area contributed by atoms with E-state index in [0.29, 0.717) is 0 Å². The molecule has 95 heavy (non-hydrogen) atoms. The quantitative estimate of drug-likeness (QED) is 0.0334. The molecule has 530 valence electrons. The molecule has 2 saturated carbocycles. The molecule has 3 aliphatic carbocycles. The number of fused-ring (bicyclic) bond motifs is 5. The SMILES string of the molecule is CCC[CH2][Sn]([CH2]CCC)([CH2]CCC)[c]1cc2s[c]([Sn]([CH2]CCC)([CH2]CCC)[CH2]CCC)c(-c3ccc4c(c3)C3(c5cc(-c6[c]([Sn]([CH2]CCC)([CH2]CCC)[CH2]CCC)sc7c[c]([Sn]([CH2]CCC)([CH2]CCC)[CH2]CCC)sc67)ccc5-4)C4(CCC)CCCC3(CCC)CCC4)c2s1. The molecule has 2 bridgehead atoms. The third-order valence-corrected chi connectivity index (χ3v) is 104. The van der Waals surface area contributed by atoms with Crippen molar-refractivity contribution in [3.63, 3.8) is 0 Å². The number of hydrogen-bond donors (Lipinski definition) is 0. The van der Waals surface area contributed by atoms with Crippen LogP contribution < -0.4 is 11.6 Å². The normalized spacial score (nSPS) is 18.1. The monoisotopic (exact) mass is 1790 g/mol. The summed E-state index contributed by atoms with van der Waals surface area (Å²) in [7, 11) is 0. The number of rotatable bonds is 46. The molecule has 4 heterocycles. The van der Waals surface area contributed by atoms with Crippen LogP contribution in [0.3, 0.4) is 0 Å². The van der Waals surface area contributed by atoms with Crippen molar-refractivity contribution in [1.29, 1.82) is 0 Å². The molecular formula is C87H142S4Sn4. The molecule has 0 unspecified atom stereocenters. The fraction of sp³-hybridized carbons (Fsp3) is 0.724. The van der Waals surface area contributed by atoms with Gasteiger partial charge < -0.3 is 0 Å². The second kappa shape index (κ2) is 37.8. The van der Waals surface area contributed by atoms with Crippen LogP contribution >= 0.6 is 45.3 Å². The Hall–Kier alpha value is 0.955. The Bertz CT molecular complexity index is 2970. The first kappa shape index (κ1) is 80.1. The number of thiophene rings is 4. The van der Waals surface area contributed by atoms with E-state index in [0.717, 1.165) is 0 Å². The summed E-state index contributed by atoms with van der Waals surface area (Å²) in [4.78, 5) is 0. The van der Waals surface area contributed by atoms with Gasteiger partial charge in [-0.1, -0.05) is 0 Å². The Kier molecular flexibility index (Phi) is 31.8. The average Bonchev–Trinajstić information content (AvgIpc) is 1.56. The molecule has 0 nitrogen and oxygen atoms in total. The maximum absolute atomic E-state index is 3.10. The van der Waals surface area contributed by atoms with Crippen molar-refractivity contribution >= 4 is 149 Å². The zero-order valence-corrected chi connectivity index (χ0v) is 79.0. The topological polar surface area (TPSA) is 0 Å². The summed E-state index contributed by atoms with van der Waals surface area (Å²) in [5.74, 6) is 0. The van der Waals surface area contributed by atoms with Crippen molar-refractivity contribution in [3.8, 4) is 33.4 Å². The minimum absolute atomic E-state index is 0.00313. The number of benzene rings is 2. The van der Waals surface area contributed by atoms with Crippen LogP contribution in [0.15, 0.2) is 48.5 Å². The van der Waals surface area contributed by atoms with E-state index in [1.807, 2.05) is 33.8 Å². The van der Waals surface area contributed by atoms with E-state index in [2.05, 4.69) is 191 Å². The van der Waals surface area contributed by atoms with E-state index < -0.39 is 73.5 Å². The van der Waals surface area contributed by atoms with Crippen molar-refractivity contribution in [2.75, 3.05) is 0 Å². The molecule has 6 aromatic rings. The van der Waals surface area contributed by atoms with E-state index in [9.17, 15) is 0 Å². The predicted molar refractivity (Wildman–Crippen MR) is 451 cm³/mol. The van der Waals surface area contributed by atoms with Crippen LogP contribution in [0, 0.1) is 10.8 Å². The zero-order chi connectivity index (χ0) is 67.7. The van der Waals surface area contributed by atoms with Gasteiger partial charge in [-0.2, -0.15) is 0 Å². The number of unbranched alkanes of at least 4 members (excludes halogenated alkanes) is 12. The van der Waals surface area contributed by atoms with E-state index in [1.165, 1.54) is 218 Å². The van der Waals surface area contributed by atoms with Crippen LogP contribution in [0.2, 0.25) is 53.2 Å². The van der Waals surface area contributed by atoms with E-state index in [4.69, 9.17) is 0 Å². The van der Waals surface area contributed by atoms with E-state index in [-0.39, 0.29) is 16.2 Å². The first-order valence-electron chi connectivity index (χ1n) is 41.8. The van der Waals surface area contributed by atoms with Gasteiger partial charge in [-0.15, -0.1) is 0 Å². The Morgan fingerprint density at radius 1 is 0.305 bits per heavy atom.